The number of anilines is 1. The quantitative estimate of drug-likeness (QED) is 0.713. The van der Waals surface area contributed by atoms with Crippen LogP contribution in [0.25, 0.3) is 5.69 Å². The molecule has 0 aliphatic rings. The lowest BCUT2D eigenvalue weighted by Crippen LogP contribution is -2.29. The maximum Gasteiger partial charge on any atom is 0.319 e. The van der Waals surface area contributed by atoms with Gasteiger partial charge in [0, 0.05) is 11.4 Å². The second-order valence-corrected chi connectivity index (χ2v) is 5.95. The molecule has 7 heteroatoms. The second-order valence-electron chi connectivity index (χ2n) is 5.95. The number of rotatable bonds is 6. The third kappa shape index (κ3) is 4.60. The van der Waals surface area contributed by atoms with Crippen LogP contribution >= 0.6 is 0 Å². The van der Waals surface area contributed by atoms with Crippen molar-refractivity contribution in [2.24, 2.45) is 0 Å². The lowest BCUT2D eigenvalue weighted by molar-refractivity contribution is 0.242. The Bertz CT molecular complexity index is 844. The minimum atomic E-state index is -0.315. The highest BCUT2D eigenvalue weighted by atomic mass is 16.5. The Kier molecular flexibility index (Phi) is 5.48. The molecule has 0 radical (unpaired) electrons. The Hall–Kier alpha value is -3.35. The number of ether oxygens (including phenoxy) is 1. The number of hydrogen-bond acceptors (Lipinski definition) is 4. The van der Waals surface area contributed by atoms with Crippen molar-refractivity contribution in [3.63, 3.8) is 0 Å². The van der Waals surface area contributed by atoms with Gasteiger partial charge in [0.15, 0.2) is 5.82 Å². The van der Waals surface area contributed by atoms with E-state index in [1.54, 1.807) is 18.5 Å². The fourth-order valence-corrected chi connectivity index (χ4v) is 2.41. The van der Waals surface area contributed by atoms with Crippen LogP contribution in [0.15, 0.2) is 60.9 Å². The topological polar surface area (TPSA) is 81.1 Å². The van der Waals surface area contributed by atoms with Crippen molar-refractivity contribution in [3.05, 3.63) is 66.7 Å². The van der Waals surface area contributed by atoms with Gasteiger partial charge < -0.3 is 15.4 Å². The van der Waals surface area contributed by atoms with Gasteiger partial charge in [0.05, 0.1) is 12.6 Å². The number of carbonyl (C=O) groups excluding carboxylic acids is 1. The molecule has 0 aliphatic heterocycles. The highest BCUT2D eigenvalue weighted by Crippen LogP contribution is 2.16. The average molecular weight is 351 g/mol. The van der Waals surface area contributed by atoms with E-state index in [9.17, 15) is 4.79 Å². The van der Waals surface area contributed by atoms with Gasteiger partial charge in [-0.2, -0.15) is 0 Å². The highest BCUT2D eigenvalue weighted by molar-refractivity contribution is 5.89. The summed E-state index contributed by atoms with van der Waals surface area (Å²) in [5.41, 5.74) is 1.62. The normalized spacial score (nSPS) is 10.6. The minimum Gasteiger partial charge on any atom is -0.491 e. The van der Waals surface area contributed by atoms with Crippen LogP contribution in [0.4, 0.5) is 10.5 Å². The molecule has 0 atom stereocenters. The lowest BCUT2D eigenvalue weighted by atomic mass is 10.3. The van der Waals surface area contributed by atoms with Crippen molar-refractivity contribution in [3.8, 4) is 11.4 Å². The molecule has 0 fully saturated rings. The number of hydrogen-bond donors (Lipinski definition) is 2. The van der Waals surface area contributed by atoms with Crippen molar-refractivity contribution in [2.75, 3.05) is 5.32 Å². The summed E-state index contributed by atoms with van der Waals surface area (Å²) in [6.45, 7) is 4.19. The maximum absolute atomic E-state index is 12.1. The van der Waals surface area contributed by atoms with Crippen LogP contribution in [-0.2, 0) is 6.54 Å². The van der Waals surface area contributed by atoms with Crippen molar-refractivity contribution in [1.82, 2.24) is 20.1 Å². The van der Waals surface area contributed by atoms with E-state index in [-0.39, 0.29) is 18.7 Å². The monoisotopic (exact) mass is 351 g/mol. The third-order valence-corrected chi connectivity index (χ3v) is 3.54. The molecule has 0 bridgehead atoms. The Morgan fingerprint density at radius 3 is 2.54 bits per heavy atom. The number of para-hydroxylation sites is 1. The van der Waals surface area contributed by atoms with Crippen LogP contribution in [-0.4, -0.2) is 26.9 Å². The SMILES string of the molecule is CC(C)Oc1ccc(NC(=O)NCc2nncn2-c2ccccc2)cc1. The fraction of sp³-hybridized carbons (Fsp3) is 0.211. The van der Waals surface area contributed by atoms with Gasteiger partial charge in [-0.05, 0) is 50.2 Å². The van der Waals surface area contributed by atoms with Crippen LogP contribution in [0.2, 0.25) is 0 Å². The molecule has 7 nitrogen and oxygen atoms in total. The number of urea groups is 1. The molecule has 3 aromatic rings. The molecule has 0 aliphatic carbocycles. The van der Waals surface area contributed by atoms with Crippen LogP contribution in [0.5, 0.6) is 5.75 Å². The molecule has 1 aromatic heterocycles. The zero-order chi connectivity index (χ0) is 18.4. The molecular weight excluding hydrogens is 330 g/mol. The summed E-state index contributed by atoms with van der Waals surface area (Å²) in [6.07, 6.45) is 1.73. The molecule has 3 rings (SSSR count). The van der Waals surface area contributed by atoms with Crippen molar-refractivity contribution in [1.29, 1.82) is 0 Å². The maximum atomic E-state index is 12.1. The van der Waals surface area contributed by atoms with E-state index in [4.69, 9.17) is 4.74 Å². The largest absolute Gasteiger partial charge is 0.491 e. The van der Waals surface area contributed by atoms with Gasteiger partial charge in [0.2, 0.25) is 0 Å². The Balaban J connectivity index is 1.56. The Morgan fingerprint density at radius 1 is 1.12 bits per heavy atom. The first-order valence-electron chi connectivity index (χ1n) is 8.38. The molecule has 1 heterocycles. The Morgan fingerprint density at radius 2 is 1.85 bits per heavy atom. The van der Waals surface area contributed by atoms with E-state index in [0.29, 0.717) is 11.5 Å². The molecule has 2 N–H and O–H groups in total. The average Bonchev–Trinajstić information content (AvgIpc) is 3.11. The van der Waals surface area contributed by atoms with E-state index in [2.05, 4.69) is 20.8 Å². The number of benzene rings is 2. The van der Waals surface area contributed by atoms with Crippen molar-refractivity contribution < 1.29 is 9.53 Å². The van der Waals surface area contributed by atoms with E-state index in [1.807, 2.05) is 60.9 Å². The molecule has 0 unspecified atom stereocenters. The minimum absolute atomic E-state index is 0.110. The molecule has 26 heavy (non-hydrogen) atoms. The number of aromatic nitrogens is 3. The number of nitrogens with one attached hydrogen (secondary N) is 2. The third-order valence-electron chi connectivity index (χ3n) is 3.54. The van der Waals surface area contributed by atoms with Crippen LogP contribution in [0.1, 0.15) is 19.7 Å². The first-order valence-corrected chi connectivity index (χ1v) is 8.38. The van der Waals surface area contributed by atoms with Gasteiger partial charge in [-0.15, -0.1) is 10.2 Å². The summed E-state index contributed by atoms with van der Waals surface area (Å²) in [4.78, 5) is 12.1. The predicted molar refractivity (Wildman–Crippen MR) is 99.4 cm³/mol. The second kappa shape index (κ2) is 8.15. The zero-order valence-electron chi connectivity index (χ0n) is 14.7. The van der Waals surface area contributed by atoms with Gasteiger partial charge in [0.1, 0.15) is 12.1 Å². The standard InChI is InChI=1S/C19H21N5O2/c1-14(2)26-17-10-8-15(9-11-17)22-19(25)20-12-18-23-21-13-24(18)16-6-4-3-5-7-16/h3-11,13-14H,12H2,1-2H3,(H2,20,22,25). The molecule has 2 amide bonds. The Labute approximate surface area is 152 Å². The van der Waals surface area contributed by atoms with E-state index in [0.717, 1.165) is 11.4 Å². The highest BCUT2D eigenvalue weighted by Gasteiger charge is 2.08. The fourth-order valence-electron chi connectivity index (χ4n) is 2.41. The van der Waals surface area contributed by atoms with Crippen LogP contribution in [0, 0.1) is 0 Å². The molecular formula is C19H21N5O2. The summed E-state index contributed by atoms with van der Waals surface area (Å²) >= 11 is 0. The van der Waals surface area contributed by atoms with Crippen LogP contribution < -0.4 is 15.4 Å². The van der Waals surface area contributed by atoms with E-state index >= 15 is 0 Å². The van der Waals surface area contributed by atoms with E-state index in [1.165, 1.54) is 0 Å². The number of nitrogens with zero attached hydrogens (tertiary/aromatic N) is 3. The van der Waals surface area contributed by atoms with Crippen LogP contribution in [0.3, 0.4) is 0 Å². The smallest absolute Gasteiger partial charge is 0.319 e. The first kappa shape index (κ1) is 17.5. The lowest BCUT2D eigenvalue weighted by Gasteiger charge is -2.11. The van der Waals surface area contributed by atoms with Gasteiger partial charge in [0.25, 0.3) is 0 Å². The summed E-state index contributed by atoms with van der Waals surface area (Å²) in [5, 5.41) is 13.6. The van der Waals surface area contributed by atoms with Gasteiger partial charge in [-0.1, -0.05) is 18.2 Å². The number of carbonyl (C=O) groups is 1. The molecule has 0 saturated carbocycles. The number of amides is 2. The van der Waals surface area contributed by atoms with E-state index < -0.39 is 0 Å². The van der Waals surface area contributed by atoms with Crippen molar-refractivity contribution >= 4 is 11.7 Å². The van der Waals surface area contributed by atoms with Crippen molar-refractivity contribution in [2.45, 2.75) is 26.5 Å². The first-order chi connectivity index (χ1) is 12.6. The zero-order valence-corrected chi connectivity index (χ0v) is 14.7. The molecule has 134 valence electrons. The summed E-state index contributed by atoms with van der Waals surface area (Å²) in [7, 11) is 0. The molecule has 0 saturated heterocycles. The molecule has 0 spiro atoms. The summed E-state index contributed by atoms with van der Waals surface area (Å²) in [6, 6.07) is 16.6. The van der Waals surface area contributed by atoms with Gasteiger partial charge in [-0.3, -0.25) is 4.57 Å². The summed E-state index contributed by atoms with van der Waals surface area (Å²) < 4.78 is 7.41. The molecule has 2 aromatic carbocycles. The predicted octanol–water partition coefficient (Wildman–Crippen LogP) is 3.38. The van der Waals surface area contributed by atoms with Gasteiger partial charge in [-0.25, -0.2) is 4.79 Å². The summed E-state index contributed by atoms with van der Waals surface area (Å²) in [5.74, 6) is 1.41. The van der Waals surface area contributed by atoms with Gasteiger partial charge >= 0.3 is 6.03 Å².